The van der Waals surface area contributed by atoms with Crippen molar-refractivity contribution in [3.05, 3.63) is 76.2 Å². The van der Waals surface area contributed by atoms with Crippen LogP contribution >= 0.6 is 0 Å². The monoisotopic (exact) mass is 326 g/mol. The van der Waals surface area contributed by atoms with Gasteiger partial charge < -0.3 is 10.4 Å². The molecule has 0 unspecified atom stereocenters. The van der Waals surface area contributed by atoms with E-state index in [9.17, 15) is 20.0 Å². The maximum Gasteiger partial charge on any atom is 0.296 e. The molecule has 2 N–H and O–H groups in total. The second-order valence-electron chi connectivity index (χ2n) is 4.70. The highest BCUT2D eigenvalue weighted by atomic mass is 16.6. The van der Waals surface area contributed by atoms with E-state index in [0.717, 1.165) is 0 Å². The lowest BCUT2D eigenvalue weighted by atomic mass is 10.3. The van der Waals surface area contributed by atoms with Crippen LogP contribution in [0.4, 0.5) is 17.1 Å². The first-order chi connectivity index (χ1) is 11.5. The summed E-state index contributed by atoms with van der Waals surface area (Å²) in [6.45, 7) is 1.28. The number of aliphatic hydroxyl groups is 1. The molecular formula is C16H14N4O4. The third-order valence-corrected chi connectivity index (χ3v) is 2.93. The van der Waals surface area contributed by atoms with Gasteiger partial charge in [0.2, 0.25) is 0 Å². The Bertz CT molecular complexity index is 812. The molecule has 0 bridgehead atoms. The van der Waals surface area contributed by atoms with E-state index in [-0.39, 0.29) is 22.8 Å². The van der Waals surface area contributed by atoms with E-state index in [1.54, 1.807) is 36.4 Å². The van der Waals surface area contributed by atoms with Gasteiger partial charge in [0.25, 0.3) is 11.6 Å². The first-order valence-corrected chi connectivity index (χ1v) is 6.90. The van der Waals surface area contributed by atoms with E-state index in [2.05, 4.69) is 15.5 Å². The standard InChI is InChI=1S/C16H14N4O4/c1-11(21)15(16(22)17-12-7-3-2-4-8-12)19-18-13-9-5-6-10-14(13)20(23)24/h2-10,21H,1H3,(H,17,22)/b15-11-,19-18?. The molecule has 2 rings (SSSR count). The molecule has 0 spiro atoms. The molecule has 0 aliphatic heterocycles. The maximum absolute atomic E-state index is 12.2. The number of hydrogen-bond acceptors (Lipinski definition) is 6. The number of benzene rings is 2. The smallest absolute Gasteiger partial charge is 0.296 e. The molecule has 2 aromatic rings. The van der Waals surface area contributed by atoms with Crippen molar-refractivity contribution in [1.82, 2.24) is 0 Å². The van der Waals surface area contributed by atoms with Crippen molar-refractivity contribution in [2.45, 2.75) is 6.92 Å². The molecule has 0 atom stereocenters. The van der Waals surface area contributed by atoms with Crippen molar-refractivity contribution in [3.63, 3.8) is 0 Å². The highest BCUT2D eigenvalue weighted by Crippen LogP contribution is 2.27. The Morgan fingerprint density at radius 1 is 1.12 bits per heavy atom. The summed E-state index contributed by atoms with van der Waals surface area (Å²) in [5, 5.41) is 30.5. The fraction of sp³-hybridized carbons (Fsp3) is 0.0625. The van der Waals surface area contributed by atoms with E-state index in [1.165, 1.54) is 25.1 Å². The number of anilines is 1. The summed E-state index contributed by atoms with van der Waals surface area (Å²) in [5.74, 6) is -1.03. The van der Waals surface area contributed by atoms with Gasteiger partial charge in [-0.15, -0.1) is 10.2 Å². The Morgan fingerprint density at radius 3 is 2.38 bits per heavy atom. The van der Waals surface area contributed by atoms with Crippen LogP contribution in [0, 0.1) is 10.1 Å². The zero-order valence-corrected chi connectivity index (χ0v) is 12.7. The van der Waals surface area contributed by atoms with Gasteiger partial charge in [-0.25, -0.2) is 0 Å². The fourth-order valence-electron chi connectivity index (χ4n) is 1.80. The van der Waals surface area contributed by atoms with Gasteiger partial charge in [0.05, 0.1) is 4.92 Å². The molecule has 8 nitrogen and oxygen atoms in total. The number of azo groups is 1. The van der Waals surface area contributed by atoms with E-state index >= 15 is 0 Å². The SMILES string of the molecule is C/C(O)=C(/N=Nc1ccccc1[N+](=O)[O-])C(=O)Nc1ccccc1. The number of nitro groups is 1. The van der Waals surface area contributed by atoms with Gasteiger partial charge in [-0.05, 0) is 25.1 Å². The Labute approximate surface area is 137 Å². The second kappa shape index (κ2) is 7.63. The summed E-state index contributed by atoms with van der Waals surface area (Å²) in [5.41, 5.74) is -0.0902. The van der Waals surface area contributed by atoms with Gasteiger partial charge in [0.1, 0.15) is 5.76 Å². The lowest BCUT2D eigenvalue weighted by molar-refractivity contribution is -0.384. The number of aliphatic hydroxyl groups excluding tert-OH is 1. The number of allylic oxidation sites excluding steroid dienone is 1. The second-order valence-corrected chi connectivity index (χ2v) is 4.70. The molecule has 1 amide bonds. The first kappa shape index (κ1) is 16.8. The van der Waals surface area contributed by atoms with Gasteiger partial charge >= 0.3 is 0 Å². The summed E-state index contributed by atoms with van der Waals surface area (Å²) >= 11 is 0. The number of nitro benzene ring substituents is 1. The molecule has 0 radical (unpaired) electrons. The van der Waals surface area contributed by atoms with Crippen LogP contribution in [0.2, 0.25) is 0 Å². The number of amides is 1. The zero-order chi connectivity index (χ0) is 17.5. The minimum atomic E-state index is -0.677. The predicted octanol–water partition coefficient (Wildman–Crippen LogP) is 4.11. The number of para-hydroxylation sites is 2. The molecule has 0 saturated carbocycles. The van der Waals surface area contributed by atoms with Crippen LogP contribution in [0.15, 0.2) is 76.3 Å². The van der Waals surface area contributed by atoms with Crippen LogP contribution in [-0.4, -0.2) is 15.9 Å². The van der Waals surface area contributed by atoms with Gasteiger partial charge in [-0.1, -0.05) is 30.3 Å². The lowest BCUT2D eigenvalue weighted by Crippen LogP contribution is -2.14. The van der Waals surface area contributed by atoms with Gasteiger partial charge in [-0.3, -0.25) is 14.9 Å². The molecule has 0 fully saturated rings. The normalized spacial score (nSPS) is 11.9. The van der Waals surface area contributed by atoms with Crippen molar-refractivity contribution in [2.75, 3.05) is 5.32 Å². The number of rotatable bonds is 5. The quantitative estimate of drug-likeness (QED) is 0.282. The number of hydrogen-bond donors (Lipinski definition) is 2. The number of nitrogens with zero attached hydrogens (tertiary/aromatic N) is 3. The molecule has 0 aliphatic rings. The summed E-state index contributed by atoms with van der Waals surface area (Å²) in [6.07, 6.45) is 0. The average molecular weight is 326 g/mol. The van der Waals surface area contributed by atoms with Gasteiger partial charge in [0.15, 0.2) is 11.4 Å². The van der Waals surface area contributed by atoms with E-state index in [1.807, 2.05) is 0 Å². The number of carbonyl (C=O) groups is 1. The van der Waals surface area contributed by atoms with Crippen LogP contribution in [0.1, 0.15) is 6.92 Å². The van der Waals surface area contributed by atoms with Gasteiger partial charge in [0, 0.05) is 11.8 Å². The molecule has 24 heavy (non-hydrogen) atoms. The third-order valence-electron chi connectivity index (χ3n) is 2.93. The zero-order valence-electron chi connectivity index (χ0n) is 12.7. The van der Waals surface area contributed by atoms with Crippen molar-refractivity contribution >= 4 is 23.0 Å². The van der Waals surface area contributed by atoms with E-state index in [4.69, 9.17) is 0 Å². The van der Waals surface area contributed by atoms with Crippen LogP contribution in [0.3, 0.4) is 0 Å². The summed E-state index contributed by atoms with van der Waals surface area (Å²) in [6, 6.07) is 14.3. The average Bonchev–Trinajstić information content (AvgIpc) is 2.56. The Morgan fingerprint density at radius 2 is 1.75 bits per heavy atom. The van der Waals surface area contributed by atoms with E-state index < -0.39 is 10.8 Å². The van der Waals surface area contributed by atoms with Crippen molar-refractivity contribution < 1.29 is 14.8 Å². The van der Waals surface area contributed by atoms with E-state index in [0.29, 0.717) is 5.69 Å². The van der Waals surface area contributed by atoms with Crippen molar-refractivity contribution in [3.8, 4) is 0 Å². The summed E-state index contributed by atoms with van der Waals surface area (Å²) < 4.78 is 0. The predicted molar refractivity (Wildman–Crippen MR) is 88.0 cm³/mol. The van der Waals surface area contributed by atoms with Crippen LogP contribution in [0.5, 0.6) is 0 Å². The number of nitrogens with one attached hydrogen (secondary N) is 1. The molecule has 0 saturated heterocycles. The van der Waals surface area contributed by atoms with Crippen LogP contribution in [0.25, 0.3) is 0 Å². The summed E-state index contributed by atoms with van der Waals surface area (Å²) in [4.78, 5) is 22.5. The third kappa shape index (κ3) is 4.23. The minimum absolute atomic E-state index is 0.0197. The Balaban J connectivity index is 2.26. The Hall–Kier alpha value is -3.55. The maximum atomic E-state index is 12.2. The summed E-state index contributed by atoms with van der Waals surface area (Å²) in [7, 11) is 0. The molecule has 0 aromatic heterocycles. The van der Waals surface area contributed by atoms with Crippen molar-refractivity contribution in [1.29, 1.82) is 0 Å². The highest BCUT2D eigenvalue weighted by molar-refractivity contribution is 6.03. The molecule has 0 aliphatic carbocycles. The molecule has 8 heteroatoms. The molecule has 0 heterocycles. The van der Waals surface area contributed by atoms with Crippen LogP contribution < -0.4 is 5.32 Å². The van der Waals surface area contributed by atoms with Gasteiger partial charge in [-0.2, -0.15) is 0 Å². The molecule has 2 aromatic carbocycles. The van der Waals surface area contributed by atoms with Crippen LogP contribution in [-0.2, 0) is 4.79 Å². The minimum Gasteiger partial charge on any atom is -0.510 e. The lowest BCUT2D eigenvalue weighted by Gasteiger charge is -2.05. The fourth-order valence-corrected chi connectivity index (χ4v) is 1.80. The Kier molecular flexibility index (Phi) is 5.35. The van der Waals surface area contributed by atoms with Crippen molar-refractivity contribution in [2.24, 2.45) is 10.2 Å². The highest BCUT2D eigenvalue weighted by Gasteiger charge is 2.15. The first-order valence-electron chi connectivity index (χ1n) is 6.90. The topological polar surface area (TPSA) is 117 Å². The number of carbonyl (C=O) groups excluding carboxylic acids is 1. The molecule has 122 valence electrons. The molecular weight excluding hydrogens is 312 g/mol. The largest absolute Gasteiger partial charge is 0.510 e.